The van der Waals surface area contributed by atoms with E-state index in [9.17, 15) is 0 Å². The fourth-order valence-electron chi connectivity index (χ4n) is 0. The quantitative estimate of drug-likeness (QED) is 0.412. The van der Waals surface area contributed by atoms with E-state index in [2.05, 4.69) is 0 Å². The molecule has 0 amide bonds. The Bertz CT molecular complexity index is 11.6. The Labute approximate surface area is 104 Å². The molecule has 0 aromatic rings. The monoisotopic (exact) mass is 397 g/mol. The molecule has 0 saturated heterocycles. The van der Waals surface area contributed by atoms with Crippen molar-refractivity contribution >= 4 is 48.3 Å². The van der Waals surface area contributed by atoms with Gasteiger partial charge in [0, 0.05) is 57.6 Å². The molecular formula is H5CrSbSnTiV. The molecule has 3 radical (unpaired) electrons. The van der Waals surface area contributed by atoms with Crippen molar-refractivity contribution in [1.82, 2.24) is 0 Å². The zero-order valence-corrected chi connectivity index (χ0v) is 15.1. The molecule has 0 aromatic carbocycles. The van der Waals surface area contributed by atoms with Crippen molar-refractivity contribution in [2.24, 2.45) is 0 Å². The third-order valence-corrected chi connectivity index (χ3v) is 0. The second-order valence-corrected chi connectivity index (χ2v) is 0. The van der Waals surface area contributed by atoms with E-state index in [1.807, 2.05) is 0 Å². The molecule has 0 heterocycles. The third kappa shape index (κ3) is 18.6. The minimum atomic E-state index is 0. The molecular weight excluding hydrogens is 391 g/mol. The van der Waals surface area contributed by atoms with Crippen LogP contribution >= 0.6 is 0 Å². The van der Waals surface area contributed by atoms with Gasteiger partial charge >= 0.3 is 48.3 Å². The second kappa shape index (κ2) is 26.0. The van der Waals surface area contributed by atoms with Gasteiger partial charge in [0.25, 0.3) is 0 Å². The molecule has 0 aromatic heterocycles. The molecule has 5 heavy (non-hydrogen) atoms. The Balaban J connectivity index is 0. The van der Waals surface area contributed by atoms with Gasteiger partial charge in [0.05, 0.1) is 0 Å². The van der Waals surface area contributed by atoms with Gasteiger partial charge in [-0.15, -0.1) is 0 Å². The van der Waals surface area contributed by atoms with Gasteiger partial charge in [-0.2, -0.15) is 0 Å². The molecule has 29 valence electrons. The van der Waals surface area contributed by atoms with Crippen molar-refractivity contribution in [2.75, 3.05) is 0 Å². The van der Waals surface area contributed by atoms with Crippen molar-refractivity contribution in [2.45, 2.75) is 0 Å². The van der Waals surface area contributed by atoms with E-state index in [1.165, 1.54) is 0 Å². The molecule has 0 nitrogen and oxygen atoms in total. The normalized spacial score (nSPS) is 0. The molecule has 0 N–H and O–H groups in total. The van der Waals surface area contributed by atoms with E-state index < -0.39 is 0 Å². The smallest absolute Gasteiger partial charge is 0 e. The Morgan fingerprint density at radius 3 is 1.00 bits per heavy atom. The average Bonchev–Trinajstić information content (AvgIpc) is 0. The van der Waals surface area contributed by atoms with Gasteiger partial charge in [-0.1, -0.05) is 0 Å². The van der Waals surface area contributed by atoms with Gasteiger partial charge in [-0.25, -0.2) is 0 Å². The van der Waals surface area contributed by atoms with Crippen molar-refractivity contribution in [3.63, 3.8) is 0 Å². The Kier molecular flexibility index (Phi) is 205. The fraction of sp³-hybridized carbons (Fsp3) is 0. The molecule has 0 unspecified atom stereocenters. The van der Waals surface area contributed by atoms with E-state index in [1.54, 1.807) is 0 Å². The minimum Gasteiger partial charge on any atom is 0 e. The van der Waals surface area contributed by atoms with Crippen LogP contribution in [0.1, 0.15) is 0 Å². The molecule has 0 atom stereocenters. The van der Waals surface area contributed by atoms with E-state index in [0.29, 0.717) is 0 Å². The van der Waals surface area contributed by atoms with Crippen LogP contribution in [0.2, 0.25) is 0 Å². The van der Waals surface area contributed by atoms with Crippen LogP contribution in [0.3, 0.4) is 0 Å². The molecule has 0 spiro atoms. The maximum atomic E-state index is 0. The second-order valence-electron chi connectivity index (χ2n) is 0. The Morgan fingerprint density at radius 1 is 1.00 bits per heavy atom. The first-order valence-electron chi connectivity index (χ1n) is 0. The van der Waals surface area contributed by atoms with Gasteiger partial charge < -0.3 is 0 Å². The molecule has 5 heteroatoms. The molecule has 0 aliphatic rings. The molecule has 0 saturated carbocycles. The van der Waals surface area contributed by atoms with Crippen LogP contribution in [0.4, 0.5) is 0 Å². The van der Waals surface area contributed by atoms with Crippen molar-refractivity contribution in [3.8, 4) is 0 Å². The van der Waals surface area contributed by atoms with E-state index in [0.717, 1.165) is 0 Å². The molecule has 0 rings (SSSR count). The van der Waals surface area contributed by atoms with E-state index in [4.69, 9.17) is 0 Å². The zero-order chi connectivity index (χ0) is 0. The predicted octanol–water partition coefficient (Wildman–Crippen LogP) is -2.11. The fourth-order valence-corrected chi connectivity index (χ4v) is 0. The predicted molar refractivity (Wildman–Crippen MR) is 18.5 cm³/mol. The van der Waals surface area contributed by atoms with Crippen molar-refractivity contribution in [1.29, 1.82) is 0 Å². The number of hydrogen-bond acceptors (Lipinski definition) is 0. The standard InChI is InChI=1S/Cr.Sb.Sn.Ti.V.5H. The van der Waals surface area contributed by atoms with Crippen LogP contribution in [0.25, 0.3) is 0 Å². The zero-order valence-electron chi connectivity index (χ0n) is 2.77. The topological polar surface area (TPSA) is 0 Å². The van der Waals surface area contributed by atoms with Gasteiger partial charge in [0.1, 0.15) is 0 Å². The van der Waals surface area contributed by atoms with Gasteiger partial charge in [0.2, 0.25) is 0 Å². The SMILES string of the molecule is [Cr].[SbH3].[SnH2].[Ti].[V]. The summed E-state index contributed by atoms with van der Waals surface area (Å²) >= 11 is 0. The van der Waals surface area contributed by atoms with Crippen LogP contribution in [0.15, 0.2) is 0 Å². The third-order valence-electron chi connectivity index (χ3n) is 0. The maximum Gasteiger partial charge on any atom is 0 e. The summed E-state index contributed by atoms with van der Waals surface area (Å²) < 4.78 is 0. The average molecular weight is 396 g/mol. The van der Waals surface area contributed by atoms with Crippen LogP contribution in [-0.2, 0) is 57.6 Å². The maximum absolute atomic E-state index is 0. The molecule has 0 fully saturated rings. The molecule has 0 aliphatic heterocycles. The first kappa shape index (κ1) is 39.4. The Hall–Kier alpha value is 3.45. The summed E-state index contributed by atoms with van der Waals surface area (Å²) in [6, 6.07) is 0. The molecule has 0 aliphatic carbocycles. The summed E-state index contributed by atoms with van der Waals surface area (Å²) in [6.07, 6.45) is 0. The van der Waals surface area contributed by atoms with Crippen molar-refractivity contribution in [3.05, 3.63) is 0 Å². The van der Waals surface area contributed by atoms with Gasteiger partial charge in [0.15, 0.2) is 0 Å². The number of hydrogen-bond donors (Lipinski definition) is 0. The van der Waals surface area contributed by atoms with Crippen LogP contribution in [0.5, 0.6) is 0 Å². The first-order valence-corrected chi connectivity index (χ1v) is 0. The summed E-state index contributed by atoms with van der Waals surface area (Å²) in [7, 11) is 0. The van der Waals surface area contributed by atoms with Crippen molar-refractivity contribution < 1.29 is 57.6 Å². The summed E-state index contributed by atoms with van der Waals surface area (Å²) in [5, 5.41) is 0. The van der Waals surface area contributed by atoms with Crippen LogP contribution < -0.4 is 0 Å². The summed E-state index contributed by atoms with van der Waals surface area (Å²) in [5.41, 5.74) is 0. The number of rotatable bonds is 0. The summed E-state index contributed by atoms with van der Waals surface area (Å²) in [5.74, 6) is 0. The summed E-state index contributed by atoms with van der Waals surface area (Å²) in [4.78, 5) is 0. The van der Waals surface area contributed by atoms with Crippen LogP contribution in [0, 0.1) is 0 Å². The van der Waals surface area contributed by atoms with Crippen LogP contribution in [-0.4, -0.2) is 48.3 Å². The first-order chi connectivity index (χ1) is 0. The molecule has 0 bridgehead atoms. The van der Waals surface area contributed by atoms with E-state index in [-0.39, 0.29) is 106 Å². The van der Waals surface area contributed by atoms with Gasteiger partial charge in [-0.05, 0) is 0 Å². The Morgan fingerprint density at radius 2 is 1.00 bits per heavy atom. The van der Waals surface area contributed by atoms with E-state index >= 15 is 0 Å². The largest absolute Gasteiger partial charge is 0 e. The summed E-state index contributed by atoms with van der Waals surface area (Å²) in [6.45, 7) is 0. The minimum absolute atomic E-state index is 0. The van der Waals surface area contributed by atoms with Gasteiger partial charge in [-0.3, -0.25) is 0 Å².